The van der Waals surface area contributed by atoms with Crippen LogP contribution in [0.4, 0.5) is 0 Å². The van der Waals surface area contributed by atoms with Gasteiger partial charge in [-0.15, -0.1) is 0 Å². The lowest BCUT2D eigenvalue weighted by Crippen LogP contribution is -2.57. The quantitative estimate of drug-likeness (QED) is 0.718. The molecular formula is C20H37N. The number of nitrogens with one attached hydrogen (secondary N) is 1. The van der Waals surface area contributed by atoms with Crippen molar-refractivity contribution in [3.8, 4) is 0 Å². The van der Waals surface area contributed by atoms with Gasteiger partial charge in [-0.25, -0.2) is 0 Å². The highest BCUT2D eigenvalue weighted by Gasteiger charge is 2.59. The molecule has 0 aromatic heterocycles. The molecule has 3 rings (SSSR count). The van der Waals surface area contributed by atoms with Gasteiger partial charge in [-0.05, 0) is 60.2 Å². The highest BCUT2D eigenvalue weighted by atomic mass is 15.0. The van der Waals surface area contributed by atoms with Gasteiger partial charge in [0.25, 0.3) is 0 Å². The van der Waals surface area contributed by atoms with E-state index in [0.717, 1.165) is 23.9 Å². The maximum absolute atomic E-state index is 4.24. The van der Waals surface area contributed by atoms with Gasteiger partial charge >= 0.3 is 0 Å². The van der Waals surface area contributed by atoms with E-state index in [4.69, 9.17) is 0 Å². The van der Waals surface area contributed by atoms with E-state index < -0.39 is 0 Å². The smallest absolute Gasteiger partial charge is 0.0177 e. The first-order valence-electron chi connectivity index (χ1n) is 9.41. The third-order valence-corrected chi connectivity index (χ3v) is 7.53. The summed E-state index contributed by atoms with van der Waals surface area (Å²) in [5.74, 6) is 1.81. The number of fused-ring (bicyclic) bond motifs is 2. The molecule has 2 bridgehead atoms. The lowest BCUT2D eigenvalue weighted by atomic mass is 9.65. The average molecular weight is 292 g/mol. The van der Waals surface area contributed by atoms with E-state index in [9.17, 15) is 0 Å². The molecule has 0 saturated heterocycles. The first-order valence-corrected chi connectivity index (χ1v) is 9.41. The number of rotatable bonds is 2. The van der Waals surface area contributed by atoms with E-state index in [1.807, 2.05) is 0 Å². The Balaban J connectivity index is 1.78. The van der Waals surface area contributed by atoms with E-state index in [0.29, 0.717) is 16.2 Å². The van der Waals surface area contributed by atoms with E-state index in [1.54, 1.807) is 0 Å². The summed E-state index contributed by atoms with van der Waals surface area (Å²) in [7, 11) is 0. The zero-order chi connectivity index (χ0) is 15.5. The number of hydrogen-bond acceptors (Lipinski definition) is 1. The molecule has 1 nitrogen and oxygen atoms in total. The molecule has 0 radical (unpaired) electrons. The Morgan fingerprint density at radius 1 is 0.952 bits per heavy atom. The molecule has 21 heavy (non-hydrogen) atoms. The molecular weight excluding hydrogens is 254 g/mol. The van der Waals surface area contributed by atoms with Gasteiger partial charge in [-0.3, -0.25) is 0 Å². The monoisotopic (exact) mass is 291 g/mol. The van der Waals surface area contributed by atoms with Gasteiger partial charge in [-0.1, -0.05) is 54.4 Å². The maximum atomic E-state index is 4.24. The summed E-state index contributed by atoms with van der Waals surface area (Å²) < 4.78 is 0. The minimum Gasteiger partial charge on any atom is -0.310 e. The van der Waals surface area contributed by atoms with Crippen LogP contribution in [0.1, 0.15) is 86.5 Å². The summed E-state index contributed by atoms with van der Waals surface area (Å²) in [6.07, 6.45) is 10.1. The van der Waals surface area contributed by atoms with Crippen LogP contribution in [0.25, 0.3) is 0 Å². The topological polar surface area (TPSA) is 12.0 Å². The van der Waals surface area contributed by atoms with Crippen molar-refractivity contribution in [1.29, 1.82) is 0 Å². The number of hydrogen-bond donors (Lipinski definition) is 1. The molecule has 0 amide bonds. The van der Waals surface area contributed by atoms with Crippen LogP contribution < -0.4 is 5.32 Å². The zero-order valence-electron chi connectivity index (χ0n) is 15.3. The SMILES string of the molecule is CC(C)(C)C1CCCCC1NC1C(C)(C)[C@H]2CC[C@]1(C)C2. The van der Waals surface area contributed by atoms with Crippen LogP contribution in [0.2, 0.25) is 0 Å². The molecule has 0 aromatic rings. The highest BCUT2D eigenvalue weighted by Crippen LogP contribution is 2.62. The molecule has 3 fully saturated rings. The van der Waals surface area contributed by atoms with Crippen molar-refractivity contribution in [2.75, 3.05) is 0 Å². The molecule has 0 spiro atoms. The average Bonchev–Trinajstić information content (AvgIpc) is 2.85. The van der Waals surface area contributed by atoms with Crippen LogP contribution in [0.5, 0.6) is 0 Å². The molecule has 3 saturated carbocycles. The molecule has 3 aliphatic carbocycles. The predicted molar refractivity (Wildman–Crippen MR) is 91.4 cm³/mol. The summed E-state index contributed by atoms with van der Waals surface area (Å²) in [5, 5.41) is 4.24. The van der Waals surface area contributed by atoms with Crippen LogP contribution in [0.3, 0.4) is 0 Å². The van der Waals surface area contributed by atoms with Crippen LogP contribution in [-0.2, 0) is 0 Å². The summed E-state index contributed by atoms with van der Waals surface area (Å²) in [6, 6.07) is 1.48. The third kappa shape index (κ3) is 2.58. The first kappa shape index (κ1) is 15.8. The van der Waals surface area contributed by atoms with E-state index in [1.165, 1.54) is 44.9 Å². The van der Waals surface area contributed by atoms with Crippen LogP contribution >= 0.6 is 0 Å². The Morgan fingerprint density at radius 3 is 2.19 bits per heavy atom. The van der Waals surface area contributed by atoms with Gasteiger partial charge in [0.2, 0.25) is 0 Å². The van der Waals surface area contributed by atoms with Crippen LogP contribution in [0.15, 0.2) is 0 Å². The van der Waals surface area contributed by atoms with Gasteiger partial charge in [-0.2, -0.15) is 0 Å². The molecule has 1 heteroatoms. The largest absolute Gasteiger partial charge is 0.310 e. The molecule has 3 unspecified atom stereocenters. The van der Waals surface area contributed by atoms with Crippen molar-refractivity contribution in [3.05, 3.63) is 0 Å². The van der Waals surface area contributed by atoms with Gasteiger partial charge < -0.3 is 5.32 Å². The normalized spacial score (nSPS) is 46.0. The molecule has 0 heterocycles. The molecule has 0 aliphatic heterocycles. The second kappa shape index (κ2) is 4.98. The molecule has 0 aromatic carbocycles. The minimum absolute atomic E-state index is 0.445. The van der Waals surface area contributed by atoms with E-state index in [2.05, 4.69) is 46.9 Å². The Bertz CT molecular complexity index is 386. The molecule has 3 aliphatic rings. The second-order valence-corrected chi connectivity index (χ2v) is 10.4. The maximum Gasteiger partial charge on any atom is 0.0177 e. The van der Waals surface area contributed by atoms with Gasteiger partial charge in [0, 0.05) is 12.1 Å². The van der Waals surface area contributed by atoms with Crippen LogP contribution in [0, 0.1) is 28.1 Å². The van der Waals surface area contributed by atoms with Gasteiger partial charge in [0.05, 0.1) is 0 Å². The standard InChI is InChI=1S/C20H37N/c1-18(2,3)15-9-7-8-10-16(15)21-17-19(4,5)14-11-12-20(17,6)13-14/h14-17,21H,7-13H2,1-6H3/t14-,15?,16?,17?,20+/m0/s1. The predicted octanol–water partition coefficient (Wildman–Crippen LogP) is 5.40. The van der Waals surface area contributed by atoms with Crippen molar-refractivity contribution in [3.63, 3.8) is 0 Å². The van der Waals surface area contributed by atoms with Gasteiger partial charge in [0.15, 0.2) is 0 Å². The molecule has 122 valence electrons. The fourth-order valence-corrected chi connectivity index (χ4v) is 6.30. The first-order chi connectivity index (χ1) is 9.64. The van der Waals surface area contributed by atoms with Crippen molar-refractivity contribution in [1.82, 2.24) is 5.32 Å². The molecule has 1 N–H and O–H groups in total. The summed E-state index contributed by atoms with van der Waals surface area (Å²) in [5.41, 5.74) is 1.50. The van der Waals surface area contributed by atoms with Crippen molar-refractivity contribution < 1.29 is 0 Å². The van der Waals surface area contributed by atoms with E-state index >= 15 is 0 Å². The van der Waals surface area contributed by atoms with Gasteiger partial charge in [0.1, 0.15) is 0 Å². The Morgan fingerprint density at radius 2 is 1.62 bits per heavy atom. The Hall–Kier alpha value is -0.0400. The summed E-state index contributed by atoms with van der Waals surface area (Å²) in [4.78, 5) is 0. The molecule has 5 atom stereocenters. The van der Waals surface area contributed by atoms with Crippen molar-refractivity contribution in [2.45, 2.75) is 98.6 Å². The van der Waals surface area contributed by atoms with Crippen molar-refractivity contribution in [2.24, 2.45) is 28.1 Å². The highest BCUT2D eigenvalue weighted by molar-refractivity contribution is 5.13. The summed E-state index contributed by atoms with van der Waals surface area (Å²) in [6.45, 7) is 15.0. The zero-order valence-corrected chi connectivity index (χ0v) is 15.3. The van der Waals surface area contributed by atoms with Crippen LogP contribution in [-0.4, -0.2) is 12.1 Å². The lowest BCUT2D eigenvalue weighted by molar-refractivity contribution is 0.0552. The third-order valence-electron chi connectivity index (χ3n) is 7.53. The fraction of sp³-hybridized carbons (Fsp3) is 1.00. The Labute approximate surface area is 132 Å². The lowest BCUT2D eigenvalue weighted by Gasteiger charge is -2.49. The second-order valence-electron chi connectivity index (χ2n) is 10.4. The minimum atomic E-state index is 0.445. The van der Waals surface area contributed by atoms with E-state index in [-0.39, 0.29) is 0 Å². The fourth-order valence-electron chi connectivity index (χ4n) is 6.30. The summed E-state index contributed by atoms with van der Waals surface area (Å²) >= 11 is 0. The van der Waals surface area contributed by atoms with Crippen molar-refractivity contribution >= 4 is 0 Å². The Kier molecular flexibility index (Phi) is 3.76.